The normalized spacial score (nSPS) is 18.1. The number of likely N-dealkylation sites (tertiary alicyclic amines) is 1. The van der Waals surface area contributed by atoms with Crippen molar-refractivity contribution in [3.8, 4) is 0 Å². The van der Waals surface area contributed by atoms with E-state index in [1.807, 2.05) is 4.90 Å². The molecule has 16 heavy (non-hydrogen) atoms. The molecule has 1 aliphatic heterocycles. The zero-order valence-corrected chi connectivity index (χ0v) is 9.85. The fourth-order valence-electron chi connectivity index (χ4n) is 2.25. The molecule has 1 aliphatic rings. The van der Waals surface area contributed by atoms with E-state index in [-0.39, 0.29) is 5.91 Å². The first-order chi connectivity index (χ1) is 7.68. The SMILES string of the molecule is CC(C)C1CCN(C(=O)c2ccno2)CC1. The average Bonchev–Trinajstić information content (AvgIpc) is 2.81. The van der Waals surface area contributed by atoms with Crippen LogP contribution in [0.25, 0.3) is 0 Å². The second-order valence-electron chi connectivity index (χ2n) is 4.75. The van der Waals surface area contributed by atoms with Crippen LogP contribution in [0.1, 0.15) is 37.2 Å². The number of rotatable bonds is 2. The minimum Gasteiger partial charge on any atom is -0.351 e. The van der Waals surface area contributed by atoms with Crippen LogP contribution in [0.4, 0.5) is 0 Å². The Morgan fingerprint density at radius 3 is 2.69 bits per heavy atom. The van der Waals surface area contributed by atoms with Crippen LogP contribution in [0.3, 0.4) is 0 Å². The number of amides is 1. The third kappa shape index (κ3) is 2.26. The molecule has 0 aliphatic carbocycles. The van der Waals surface area contributed by atoms with Crippen molar-refractivity contribution in [1.29, 1.82) is 0 Å². The van der Waals surface area contributed by atoms with Gasteiger partial charge in [-0.3, -0.25) is 4.79 Å². The second kappa shape index (κ2) is 4.68. The Morgan fingerprint density at radius 1 is 1.50 bits per heavy atom. The summed E-state index contributed by atoms with van der Waals surface area (Å²) in [4.78, 5) is 13.8. The van der Waals surface area contributed by atoms with E-state index < -0.39 is 0 Å². The molecule has 88 valence electrons. The first kappa shape index (κ1) is 11.2. The molecule has 0 atom stereocenters. The van der Waals surface area contributed by atoms with Gasteiger partial charge in [0.2, 0.25) is 5.76 Å². The predicted molar refractivity (Wildman–Crippen MR) is 60.0 cm³/mol. The van der Waals surface area contributed by atoms with E-state index in [1.165, 1.54) is 6.20 Å². The van der Waals surface area contributed by atoms with Crippen molar-refractivity contribution < 1.29 is 9.32 Å². The first-order valence-electron chi connectivity index (χ1n) is 5.88. The highest BCUT2D eigenvalue weighted by atomic mass is 16.5. The van der Waals surface area contributed by atoms with Gasteiger partial charge in [0.25, 0.3) is 5.91 Å². The average molecular weight is 222 g/mol. The fraction of sp³-hybridized carbons (Fsp3) is 0.667. The van der Waals surface area contributed by atoms with E-state index in [4.69, 9.17) is 4.52 Å². The Labute approximate surface area is 95.6 Å². The number of carbonyl (C=O) groups is 1. The van der Waals surface area contributed by atoms with Crippen LogP contribution in [0, 0.1) is 11.8 Å². The lowest BCUT2D eigenvalue weighted by atomic mass is 9.87. The maximum Gasteiger partial charge on any atom is 0.292 e. The quantitative estimate of drug-likeness (QED) is 0.770. The zero-order valence-electron chi connectivity index (χ0n) is 9.85. The predicted octanol–water partition coefficient (Wildman–Crippen LogP) is 2.18. The fourth-order valence-corrected chi connectivity index (χ4v) is 2.25. The summed E-state index contributed by atoms with van der Waals surface area (Å²) in [5.41, 5.74) is 0. The Bertz CT molecular complexity index is 338. The van der Waals surface area contributed by atoms with E-state index in [1.54, 1.807) is 6.07 Å². The minimum atomic E-state index is -0.0280. The van der Waals surface area contributed by atoms with Crippen LogP contribution in [0.15, 0.2) is 16.8 Å². The van der Waals surface area contributed by atoms with E-state index >= 15 is 0 Å². The van der Waals surface area contributed by atoms with Crippen LogP contribution in [-0.4, -0.2) is 29.1 Å². The van der Waals surface area contributed by atoms with Crippen molar-refractivity contribution in [2.24, 2.45) is 11.8 Å². The number of hydrogen-bond donors (Lipinski definition) is 0. The van der Waals surface area contributed by atoms with Crippen molar-refractivity contribution in [3.63, 3.8) is 0 Å². The van der Waals surface area contributed by atoms with E-state index in [9.17, 15) is 4.79 Å². The topological polar surface area (TPSA) is 46.3 Å². The maximum absolute atomic E-state index is 11.9. The molecule has 1 aromatic rings. The van der Waals surface area contributed by atoms with Gasteiger partial charge < -0.3 is 9.42 Å². The molecule has 0 radical (unpaired) electrons. The Balaban J connectivity index is 1.92. The summed E-state index contributed by atoms with van der Waals surface area (Å²) in [5, 5.41) is 3.56. The molecule has 0 N–H and O–H groups in total. The summed E-state index contributed by atoms with van der Waals surface area (Å²) in [6, 6.07) is 1.62. The van der Waals surface area contributed by atoms with Crippen LogP contribution in [0.2, 0.25) is 0 Å². The molecule has 1 fully saturated rings. The van der Waals surface area contributed by atoms with E-state index in [0.717, 1.165) is 31.8 Å². The summed E-state index contributed by atoms with van der Waals surface area (Å²) in [5.74, 6) is 1.78. The molecule has 0 spiro atoms. The molecule has 4 nitrogen and oxygen atoms in total. The highest BCUT2D eigenvalue weighted by molar-refractivity contribution is 5.91. The van der Waals surface area contributed by atoms with Crippen molar-refractivity contribution in [3.05, 3.63) is 18.0 Å². The van der Waals surface area contributed by atoms with Gasteiger partial charge in [0.05, 0.1) is 6.20 Å². The van der Waals surface area contributed by atoms with Gasteiger partial charge >= 0.3 is 0 Å². The minimum absolute atomic E-state index is 0.0280. The molecule has 1 aromatic heterocycles. The standard InChI is InChI=1S/C12H18N2O2/c1-9(2)10-4-7-14(8-5-10)12(15)11-3-6-13-16-11/h3,6,9-10H,4-5,7-8H2,1-2H3. The van der Waals surface area contributed by atoms with Gasteiger partial charge in [0.1, 0.15) is 0 Å². The third-order valence-corrected chi connectivity index (χ3v) is 3.42. The summed E-state index contributed by atoms with van der Waals surface area (Å²) in [6.45, 7) is 6.17. The molecule has 1 amide bonds. The van der Waals surface area contributed by atoms with Crippen LogP contribution < -0.4 is 0 Å². The summed E-state index contributed by atoms with van der Waals surface area (Å²) < 4.78 is 4.88. The van der Waals surface area contributed by atoms with Gasteiger partial charge in [-0.05, 0) is 24.7 Å². The Kier molecular flexibility index (Phi) is 3.27. The van der Waals surface area contributed by atoms with Crippen molar-refractivity contribution in [2.75, 3.05) is 13.1 Å². The highest BCUT2D eigenvalue weighted by Crippen LogP contribution is 2.25. The first-order valence-corrected chi connectivity index (χ1v) is 5.88. The van der Waals surface area contributed by atoms with Gasteiger partial charge in [-0.1, -0.05) is 19.0 Å². The van der Waals surface area contributed by atoms with Crippen LogP contribution in [-0.2, 0) is 0 Å². The third-order valence-electron chi connectivity index (χ3n) is 3.42. The Morgan fingerprint density at radius 2 is 2.19 bits per heavy atom. The molecule has 0 aromatic carbocycles. The van der Waals surface area contributed by atoms with Gasteiger partial charge in [0, 0.05) is 19.2 Å². The van der Waals surface area contributed by atoms with E-state index in [2.05, 4.69) is 19.0 Å². The highest BCUT2D eigenvalue weighted by Gasteiger charge is 2.26. The van der Waals surface area contributed by atoms with Gasteiger partial charge in [-0.25, -0.2) is 0 Å². The molecule has 2 rings (SSSR count). The number of aromatic nitrogens is 1. The monoisotopic (exact) mass is 222 g/mol. The van der Waals surface area contributed by atoms with Crippen molar-refractivity contribution in [2.45, 2.75) is 26.7 Å². The van der Waals surface area contributed by atoms with Crippen LogP contribution >= 0.6 is 0 Å². The van der Waals surface area contributed by atoms with Crippen molar-refractivity contribution >= 4 is 5.91 Å². The Hall–Kier alpha value is -1.32. The molecule has 0 bridgehead atoms. The number of carbonyl (C=O) groups excluding carboxylic acids is 1. The summed E-state index contributed by atoms with van der Waals surface area (Å²) in [7, 11) is 0. The van der Waals surface area contributed by atoms with Gasteiger partial charge in [-0.15, -0.1) is 0 Å². The summed E-state index contributed by atoms with van der Waals surface area (Å²) >= 11 is 0. The number of piperidine rings is 1. The molecule has 1 saturated heterocycles. The zero-order chi connectivity index (χ0) is 11.5. The molecular formula is C12H18N2O2. The second-order valence-corrected chi connectivity index (χ2v) is 4.75. The molecule has 4 heteroatoms. The van der Waals surface area contributed by atoms with Crippen LogP contribution in [0.5, 0.6) is 0 Å². The number of nitrogens with zero attached hydrogens (tertiary/aromatic N) is 2. The molecule has 0 saturated carbocycles. The number of hydrogen-bond acceptors (Lipinski definition) is 3. The van der Waals surface area contributed by atoms with Gasteiger partial charge in [-0.2, -0.15) is 0 Å². The van der Waals surface area contributed by atoms with Crippen molar-refractivity contribution in [1.82, 2.24) is 10.1 Å². The molecular weight excluding hydrogens is 204 g/mol. The molecule has 0 unspecified atom stereocenters. The van der Waals surface area contributed by atoms with E-state index in [0.29, 0.717) is 11.7 Å². The lowest BCUT2D eigenvalue weighted by molar-refractivity contribution is 0.0626. The lowest BCUT2D eigenvalue weighted by Crippen LogP contribution is -2.39. The smallest absolute Gasteiger partial charge is 0.292 e. The maximum atomic E-state index is 11.9. The summed E-state index contributed by atoms with van der Waals surface area (Å²) in [6.07, 6.45) is 3.70. The van der Waals surface area contributed by atoms with Gasteiger partial charge in [0.15, 0.2) is 0 Å². The molecule has 2 heterocycles. The lowest BCUT2D eigenvalue weighted by Gasteiger charge is -2.33. The largest absolute Gasteiger partial charge is 0.351 e.